The molecule has 0 spiro atoms. The molecule has 1 amide bonds. The Balaban J connectivity index is 1.97. The molecule has 0 aliphatic carbocycles. The predicted molar refractivity (Wildman–Crippen MR) is 73.7 cm³/mol. The van der Waals surface area contributed by atoms with E-state index in [-0.39, 0.29) is 11.9 Å². The van der Waals surface area contributed by atoms with Gasteiger partial charge in [0.15, 0.2) is 0 Å². The Labute approximate surface area is 113 Å². The van der Waals surface area contributed by atoms with Crippen molar-refractivity contribution in [2.75, 3.05) is 31.5 Å². The second kappa shape index (κ2) is 6.32. The molecule has 1 aliphatic rings. The second-order valence-electron chi connectivity index (χ2n) is 4.64. The van der Waals surface area contributed by atoms with Gasteiger partial charge in [-0.1, -0.05) is 6.07 Å². The van der Waals surface area contributed by atoms with Gasteiger partial charge in [0.05, 0.1) is 17.7 Å². The van der Waals surface area contributed by atoms with E-state index < -0.39 is 0 Å². The summed E-state index contributed by atoms with van der Waals surface area (Å²) in [5.74, 6) is -0.0306. The predicted octanol–water partition coefficient (Wildman–Crippen LogP) is 0.790. The zero-order chi connectivity index (χ0) is 13.7. The molecule has 1 saturated heterocycles. The van der Waals surface area contributed by atoms with Crippen LogP contribution >= 0.6 is 0 Å². The second-order valence-corrected chi connectivity index (χ2v) is 4.64. The Hall–Kier alpha value is -1.90. The maximum atomic E-state index is 12.2. The summed E-state index contributed by atoms with van der Waals surface area (Å²) < 4.78 is 0. The van der Waals surface area contributed by atoms with Gasteiger partial charge >= 0.3 is 0 Å². The van der Waals surface area contributed by atoms with Crippen molar-refractivity contribution in [1.29, 1.82) is 5.26 Å². The number of carbonyl (C=O) groups excluding carboxylic acids is 1. The van der Waals surface area contributed by atoms with Gasteiger partial charge in [0.2, 0.25) is 5.91 Å². The Morgan fingerprint density at radius 2 is 2.21 bits per heavy atom. The number of amides is 1. The lowest BCUT2D eigenvalue weighted by Gasteiger charge is -2.31. The lowest BCUT2D eigenvalue weighted by atomic mass is 10.2. The zero-order valence-electron chi connectivity index (χ0n) is 11.0. The molecule has 0 radical (unpaired) electrons. The van der Waals surface area contributed by atoms with Crippen LogP contribution in [0.5, 0.6) is 0 Å². The van der Waals surface area contributed by atoms with Crippen molar-refractivity contribution in [3.63, 3.8) is 0 Å². The number of hydrogen-bond acceptors (Lipinski definition) is 4. The molecule has 19 heavy (non-hydrogen) atoms. The number of hydrogen-bond donors (Lipinski definition) is 2. The van der Waals surface area contributed by atoms with E-state index in [0.717, 1.165) is 26.2 Å². The van der Waals surface area contributed by atoms with Crippen LogP contribution in [0.15, 0.2) is 24.3 Å². The highest BCUT2D eigenvalue weighted by Crippen LogP contribution is 2.11. The van der Waals surface area contributed by atoms with Crippen molar-refractivity contribution in [1.82, 2.24) is 10.2 Å². The summed E-state index contributed by atoms with van der Waals surface area (Å²) >= 11 is 0. The highest BCUT2D eigenvalue weighted by atomic mass is 16.2. The molecule has 5 nitrogen and oxygen atoms in total. The van der Waals surface area contributed by atoms with Crippen LogP contribution in [0, 0.1) is 11.3 Å². The zero-order valence-corrected chi connectivity index (χ0v) is 11.0. The number of benzene rings is 1. The molecule has 2 rings (SSSR count). The molecular weight excluding hydrogens is 240 g/mol. The minimum Gasteiger partial charge on any atom is -0.325 e. The van der Waals surface area contributed by atoms with E-state index in [1.165, 1.54) is 0 Å². The summed E-state index contributed by atoms with van der Waals surface area (Å²) in [6.45, 7) is 5.51. The molecule has 100 valence electrons. The third-order valence-electron chi connectivity index (χ3n) is 3.34. The van der Waals surface area contributed by atoms with Gasteiger partial charge in [0.1, 0.15) is 0 Å². The van der Waals surface area contributed by atoms with Gasteiger partial charge in [-0.2, -0.15) is 5.26 Å². The van der Waals surface area contributed by atoms with E-state index in [9.17, 15) is 4.79 Å². The first-order valence-corrected chi connectivity index (χ1v) is 6.46. The standard InChI is InChI=1S/C14H18N4O/c1-11(18-7-5-16-6-8-18)14(19)17-13-4-2-3-12(9-13)10-15/h2-4,9,11,16H,5-8H2,1H3,(H,17,19). The van der Waals surface area contributed by atoms with Crippen molar-refractivity contribution < 1.29 is 4.79 Å². The summed E-state index contributed by atoms with van der Waals surface area (Å²) in [4.78, 5) is 14.3. The summed E-state index contributed by atoms with van der Waals surface area (Å²) in [6, 6.07) is 8.87. The minimum atomic E-state index is -0.159. The SMILES string of the molecule is CC(C(=O)Nc1cccc(C#N)c1)N1CCNCC1. The van der Waals surface area contributed by atoms with Crippen LogP contribution in [0.25, 0.3) is 0 Å². The van der Waals surface area contributed by atoms with Crippen molar-refractivity contribution in [3.8, 4) is 6.07 Å². The van der Waals surface area contributed by atoms with Gasteiger partial charge in [-0.3, -0.25) is 9.69 Å². The molecule has 1 heterocycles. The van der Waals surface area contributed by atoms with Crippen LogP contribution in [0.1, 0.15) is 12.5 Å². The Morgan fingerprint density at radius 1 is 1.47 bits per heavy atom. The van der Waals surface area contributed by atoms with Crippen molar-refractivity contribution >= 4 is 11.6 Å². The fourth-order valence-electron chi connectivity index (χ4n) is 2.15. The topological polar surface area (TPSA) is 68.2 Å². The number of rotatable bonds is 3. The van der Waals surface area contributed by atoms with Crippen molar-refractivity contribution in [2.24, 2.45) is 0 Å². The summed E-state index contributed by atoms with van der Waals surface area (Å²) in [5, 5.41) is 15.0. The fraction of sp³-hybridized carbons (Fsp3) is 0.429. The average Bonchev–Trinajstić information content (AvgIpc) is 2.47. The van der Waals surface area contributed by atoms with E-state index >= 15 is 0 Å². The summed E-state index contributed by atoms with van der Waals surface area (Å²) in [5.41, 5.74) is 1.22. The van der Waals surface area contributed by atoms with Gasteiger partial charge < -0.3 is 10.6 Å². The van der Waals surface area contributed by atoms with Gasteiger partial charge in [-0.25, -0.2) is 0 Å². The summed E-state index contributed by atoms with van der Waals surface area (Å²) in [7, 11) is 0. The highest BCUT2D eigenvalue weighted by molar-refractivity contribution is 5.94. The first-order valence-electron chi connectivity index (χ1n) is 6.46. The van der Waals surface area contributed by atoms with E-state index in [1.54, 1.807) is 24.3 Å². The molecule has 1 aliphatic heterocycles. The Morgan fingerprint density at radius 3 is 2.89 bits per heavy atom. The molecule has 1 unspecified atom stereocenters. The van der Waals surface area contributed by atoms with Crippen molar-refractivity contribution in [2.45, 2.75) is 13.0 Å². The van der Waals surface area contributed by atoms with Crippen LogP contribution in [0.4, 0.5) is 5.69 Å². The van der Waals surface area contributed by atoms with Gasteiger partial charge in [-0.05, 0) is 25.1 Å². The smallest absolute Gasteiger partial charge is 0.241 e. The number of anilines is 1. The lowest BCUT2D eigenvalue weighted by molar-refractivity contribution is -0.120. The maximum Gasteiger partial charge on any atom is 0.241 e. The Bertz CT molecular complexity index is 488. The first-order chi connectivity index (χ1) is 9.20. The average molecular weight is 258 g/mol. The van der Waals surface area contributed by atoms with E-state index in [0.29, 0.717) is 11.3 Å². The third-order valence-corrected chi connectivity index (χ3v) is 3.34. The first kappa shape index (κ1) is 13.5. The molecular formula is C14H18N4O. The molecule has 1 fully saturated rings. The number of nitriles is 1. The number of carbonyl (C=O) groups is 1. The number of piperazine rings is 1. The van der Waals surface area contributed by atoms with Gasteiger partial charge in [-0.15, -0.1) is 0 Å². The van der Waals surface area contributed by atoms with Gasteiger partial charge in [0, 0.05) is 31.9 Å². The molecule has 2 N–H and O–H groups in total. The number of nitrogens with one attached hydrogen (secondary N) is 2. The van der Waals surface area contributed by atoms with E-state index in [1.807, 2.05) is 6.92 Å². The highest BCUT2D eigenvalue weighted by Gasteiger charge is 2.22. The Kier molecular flexibility index (Phi) is 4.50. The van der Waals surface area contributed by atoms with Crippen LogP contribution in [0.3, 0.4) is 0 Å². The van der Waals surface area contributed by atoms with Crippen molar-refractivity contribution in [3.05, 3.63) is 29.8 Å². The molecule has 0 aromatic heterocycles. The molecule has 5 heteroatoms. The maximum absolute atomic E-state index is 12.2. The van der Waals surface area contributed by atoms with Crippen LogP contribution in [-0.4, -0.2) is 43.0 Å². The van der Waals surface area contributed by atoms with E-state index in [2.05, 4.69) is 21.6 Å². The monoisotopic (exact) mass is 258 g/mol. The minimum absolute atomic E-state index is 0.0306. The normalized spacial score (nSPS) is 17.5. The van der Waals surface area contributed by atoms with Crippen LogP contribution < -0.4 is 10.6 Å². The molecule has 1 aromatic rings. The molecule has 1 atom stereocenters. The summed E-state index contributed by atoms with van der Waals surface area (Å²) in [6.07, 6.45) is 0. The molecule has 1 aromatic carbocycles. The molecule has 0 bridgehead atoms. The molecule has 0 saturated carbocycles. The quantitative estimate of drug-likeness (QED) is 0.841. The largest absolute Gasteiger partial charge is 0.325 e. The van der Waals surface area contributed by atoms with Gasteiger partial charge in [0.25, 0.3) is 0 Å². The van der Waals surface area contributed by atoms with E-state index in [4.69, 9.17) is 5.26 Å². The fourth-order valence-corrected chi connectivity index (χ4v) is 2.15. The number of nitrogens with zero attached hydrogens (tertiary/aromatic N) is 2. The third kappa shape index (κ3) is 3.53. The van der Waals surface area contributed by atoms with Crippen LogP contribution in [-0.2, 0) is 4.79 Å². The van der Waals surface area contributed by atoms with Crippen LogP contribution in [0.2, 0.25) is 0 Å². The lowest BCUT2D eigenvalue weighted by Crippen LogP contribution is -2.51.